The van der Waals surface area contributed by atoms with Gasteiger partial charge in [-0.1, -0.05) is 103 Å². The third-order valence-electron chi connectivity index (χ3n) is 5.24. The van der Waals surface area contributed by atoms with Crippen LogP contribution in [0.3, 0.4) is 0 Å². The summed E-state index contributed by atoms with van der Waals surface area (Å²) >= 11 is 0. The molecule has 0 rings (SSSR count). The first-order valence-corrected chi connectivity index (χ1v) is 12.6. The molecule has 0 amide bonds. The van der Waals surface area contributed by atoms with E-state index in [1.807, 2.05) is 0 Å². The zero-order valence-corrected chi connectivity index (χ0v) is 17.9. The molecular weight excluding hydrogens is 348 g/mol. The van der Waals surface area contributed by atoms with Crippen LogP contribution in [-0.4, -0.2) is 29.9 Å². The van der Waals surface area contributed by atoms with E-state index in [-0.39, 0.29) is 0 Å². The SMILES string of the molecule is CCCCCCCC(CCCCCCCCCCCCCO)S(=O)(=O)O. The Hall–Kier alpha value is -0.130. The predicted octanol–water partition coefficient (Wildman–Crippen LogP) is 6.28. The van der Waals surface area contributed by atoms with E-state index in [0.717, 1.165) is 44.9 Å². The Morgan fingerprint density at radius 2 is 0.962 bits per heavy atom. The van der Waals surface area contributed by atoms with Crippen LogP contribution in [-0.2, 0) is 10.1 Å². The Labute approximate surface area is 162 Å². The molecule has 2 N–H and O–H groups in total. The average molecular weight is 393 g/mol. The lowest BCUT2D eigenvalue weighted by molar-refractivity contribution is 0.282. The van der Waals surface area contributed by atoms with Crippen molar-refractivity contribution in [1.82, 2.24) is 0 Å². The summed E-state index contributed by atoms with van der Waals surface area (Å²) in [5, 5.41) is 8.16. The second-order valence-electron chi connectivity index (χ2n) is 7.74. The van der Waals surface area contributed by atoms with Crippen molar-refractivity contribution >= 4 is 10.1 Å². The summed E-state index contributed by atoms with van der Waals surface area (Å²) in [5.74, 6) is 0. The molecule has 0 aliphatic heterocycles. The molecule has 0 radical (unpaired) electrons. The van der Waals surface area contributed by atoms with Crippen molar-refractivity contribution in [3.05, 3.63) is 0 Å². The molecule has 4 nitrogen and oxygen atoms in total. The molecule has 0 spiro atoms. The number of aliphatic hydroxyl groups is 1. The van der Waals surface area contributed by atoms with Gasteiger partial charge in [-0.2, -0.15) is 8.42 Å². The van der Waals surface area contributed by atoms with Crippen LogP contribution in [0.4, 0.5) is 0 Å². The zero-order valence-electron chi connectivity index (χ0n) is 17.1. The molecule has 1 atom stereocenters. The van der Waals surface area contributed by atoms with Gasteiger partial charge in [-0.05, 0) is 19.3 Å². The maximum absolute atomic E-state index is 11.5. The molecule has 1 unspecified atom stereocenters. The van der Waals surface area contributed by atoms with Crippen LogP contribution in [0.25, 0.3) is 0 Å². The van der Waals surface area contributed by atoms with Crippen LogP contribution < -0.4 is 0 Å². The molecular formula is C21H44O4S. The third kappa shape index (κ3) is 17.3. The lowest BCUT2D eigenvalue weighted by Crippen LogP contribution is -2.20. The number of rotatable bonds is 20. The fourth-order valence-corrected chi connectivity index (χ4v) is 4.42. The smallest absolute Gasteiger partial charge is 0.267 e. The minimum Gasteiger partial charge on any atom is -0.396 e. The molecule has 0 fully saturated rings. The largest absolute Gasteiger partial charge is 0.396 e. The van der Waals surface area contributed by atoms with Gasteiger partial charge >= 0.3 is 0 Å². The fourth-order valence-electron chi connectivity index (χ4n) is 3.49. The van der Waals surface area contributed by atoms with Gasteiger partial charge in [-0.25, -0.2) is 0 Å². The first-order valence-electron chi connectivity index (χ1n) is 11.1. The number of aliphatic hydroxyl groups excluding tert-OH is 1. The molecule has 0 bridgehead atoms. The molecule has 0 saturated heterocycles. The zero-order chi connectivity index (χ0) is 19.5. The van der Waals surface area contributed by atoms with Crippen molar-refractivity contribution in [2.24, 2.45) is 0 Å². The van der Waals surface area contributed by atoms with Gasteiger partial charge < -0.3 is 5.11 Å². The van der Waals surface area contributed by atoms with Gasteiger partial charge in [0.15, 0.2) is 0 Å². The molecule has 0 saturated carbocycles. The number of hydrogen-bond donors (Lipinski definition) is 2. The topological polar surface area (TPSA) is 74.6 Å². The summed E-state index contributed by atoms with van der Waals surface area (Å²) in [6.45, 7) is 2.48. The first kappa shape index (κ1) is 25.9. The first-order chi connectivity index (χ1) is 12.5. The van der Waals surface area contributed by atoms with E-state index in [9.17, 15) is 13.0 Å². The van der Waals surface area contributed by atoms with E-state index in [2.05, 4.69) is 6.92 Å². The van der Waals surface area contributed by atoms with Gasteiger partial charge in [0.05, 0.1) is 5.25 Å². The van der Waals surface area contributed by atoms with Crippen LogP contribution in [0.2, 0.25) is 0 Å². The highest BCUT2D eigenvalue weighted by Crippen LogP contribution is 2.19. The Morgan fingerprint density at radius 1 is 0.615 bits per heavy atom. The fraction of sp³-hybridized carbons (Fsp3) is 1.00. The highest BCUT2D eigenvalue weighted by molar-refractivity contribution is 7.86. The van der Waals surface area contributed by atoms with Crippen molar-refractivity contribution in [3.63, 3.8) is 0 Å². The molecule has 0 aromatic heterocycles. The van der Waals surface area contributed by atoms with Crippen molar-refractivity contribution < 1.29 is 18.1 Å². The summed E-state index contributed by atoms with van der Waals surface area (Å²) < 4.78 is 32.5. The summed E-state index contributed by atoms with van der Waals surface area (Å²) in [5.41, 5.74) is 0. The summed E-state index contributed by atoms with van der Waals surface area (Å²) in [4.78, 5) is 0. The minimum atomic E-state index is -3.89. The van der Waals surface area contributed by atoms with Gasteiger partial charge in [0.25, 0.3) is 10.1 Å². The lowest BCUT2D eigenvalue weighted by atomic mass is 10.0. The maximum atomic E-state index is 11.5. The van der Waals surface area contributed by atoms with Gasteiger partial charge in [-0.3, -0.25) is 4.55 Å². The quantitative estimate of drug-likeness (QED) is 0.189. The van der Waals surface area contributed by atoms with Crippen LogP contribution in [0.15, 0.2) is 0 Å². The van der Waals surface area contributed by atoms with E-state index < -0.39 is 15.4 Å². The van der Waals surface area contributed by atoms with Crippen LogP contribution in [0.5, 0.6) is 0 Å². The van der Waals surface area contributed by atoms with E-state index in [1.54, 1.807) is 0 Å². The normalized spacial score (nSPS) is 13.2. The summed E-state index contributed by atoms with van der Waals surface area (Å²) in [7, 11) is -3.89. The molecule has 5 heteroatoms. The monoisotopic (exact) mass is 392 g/mol. The van der Waals surface area contributed by atoms with Crippen LogP contribution in [0, 0.1) is 0 Å². The second-order valence-corrected chi connectivity index (χ2v) is 9.44. The highest BCUT2D eigenvalue weighted by Gasteiger charge is 2.21. The lowest BCUT2D eigenvalue weighted by Gasteiger charge is -2.13. The standard InChI is InChI=1S/C21H44O4S/c1-2-3-4-12-15-18-21(26(23,24)25)19-16-13-10-8-6-5-7-9-11-14-17-20-22/h21-22H,2-20H2,1H3,(H,23,24,25). The van der Waals surface area contributed by atoms with Gasteiger partial charge in [0.2, 0.25) is 0 Å². The molecule has 0 aliphatic carbocycles. The van der Waals surface area contributed by atoms with Crippen molar-refractivity contribution in [1.29, 1.82) is 0 Å². The number of hydrogen-bond acceptors (Lipinski definition) is 3. The van der Waals surface area contributed by atoms with Gasteiger partial charge in [0.1, 0.15) is 0 Å². The second kappa shape index (κ2) is 18.2. The van der Waals surface area contributed by atoms with Crippen molar-refractivity contribution in [2.45, 2.75) is 128 Å². The molecule has 158 valence electrons. The molecule has 0 heterocycles. The molecule has 0 aliphatic rings. The Balaban J connectivity index is 3.58. The Morgan fingerprint density at radius 3 is 1.31 bits per heavy atom. The number of unbranched alkanes of at least 4 members (excludes halogenated alkanes) is 14. The maximum Gasteiger partial charge on any atom is 0.267 e. The van der Waals surface area contributed by atoms with Gasteiger partial charge in [0, 0.05) is 6.61 Å². The summed E-state index contributed by atoms with van der Waals surface area (Å²) in [6, 6.07) is 0. The van der Waals surface area contributed by atoms with Gasteiger partial charge in [-0.15, -0.1) is 0 Å². The highest BCUT2D eigenvalue weighted by atomic mass is 32.2. The van der Waals surface area contributed by atoms with Crippen LogP contribution >= 0.6 is 0 Å². The molecule has 26 heavy (non-hydrogen) atoms. The van der Waals surface area contributed by atoms with E-state index >= 15 is 0 Å². The third-order valence-corrected chi connectivity index (χ3v) is 6.55. The molecule has 0 aromatic rings. The van der Waals surface area contributed by atoms with Crippen molar-refractivity contribution in [3.8, 4) is 0 Å². The predicted molar refractivity (Wildman–Crippen MR) is 111 cm³/mol. The van der Waals surface area contributed by atoms with Crippen molar-refractivity contribution in [2.75, 3.05) is 6.61 Å². The average Bonchev–Trinajstić information content (AvgIpc) is 2.59. The van der Waals surface area contributed by atoms with E-state index in [4.69, 9.17) is 5.11 Å². The van der Waals surface area contributed by atoms with E-state index in [0.29, 0.717) is 19.4 Å². The Bertz CT molecular complexity index is 381. The van der Waals surface area contributed by atoms with Crippen LogP contribution in [0.1, 0.15) is 122 Å². The Kier molecular flexibility index (Phi) is 18.2. The summed E-state index contributed by atoms with van der Waals surface area (Å²) in [6.07, 6.45) is 19.5. The minimum absolute atomic E-state index is 0.317. The molecule has 0 aromatic carbocycles. The van der Waals surface area contributed by atoms with E-state index in [1.165, 1.54) is 57.8 Å².